The molecule has 0 unspecified atom stereocenters. The van der Waals surface area contributed by atoms with Crippen LogP contribution >= 0.6 is 0 Å². The van der Waals surface area contributed by atoms with Crippen LogP contribution in [0.15, 0.2) is 48.9 Å². The molecule has 1 saturated heterocycles. The lowest BCUT2D eigenvalue weighted by atomic mass is 9.73. The molecule has 1 aliphatic rings. The number of hydrogen-bond acceptors (Lipinski definition) is 9. The first-order valence-corrected chi connectivity index (χ1v) is 12.7. The summed E-state index contributed by atoms with van der Waals surface area (Å²) in [5.41, 5.74) is 0.888. The molecule has 0 spiro atoms. The molecule has 1 aromatic heterocycles. The molecule has 0 saturated carbocycles. The highest BCUT2D eigenvalue weighted by Crippen LogP contribution is 2.15. The number of hydrogen-bond donors (Lipinski definition) is 2. The van der Waals surface area contributed by atoms with Gasteiger partial charge in [0.15, 0.2) is 0 Å². The normalized spacial score (nSPS) is 18.3. The van der Waals surface area contributed by atoms with Gasteiger partial charge < -0.3 is 19.9 Å². The van der Waals surface area contributed by atoms with Gasteiger partial charge >= 0.3 is 13.1 Å². The SMILES string of the molecule is CC(C)C[C@H](NC(=O)[C@H](Cc1ccccc1)NC(=O)c1cnccn1)B1OC(=O)CCN(C)[C@H](C)C(=O)O1. The van der Waals surface area contributed by atoms with Crippen LogP contribution in [0.5, 0.6) is 0 Å². The van der Waals surface area contributed by atoms with Crippen molar-refractivity contribution in [2.45, 2.75) is 58.1 Å². The minimum absolute atomic E-state index is 0.0622. The van der Waals surface area contributed by atoms with E-state index in [0.29, 0.717) is 13.0 Å². The highest BCUT2D eigenvalue weighted by Gasteiger charge is 2.42. The number of nitrogens with zero attached hydrogens (tertiary/aromatic N) is 3. The zero-order valence-corrected chi connectivity index (χ0v) is 22.1. The number of nitrogens with one attached hydrogen (secondary N) is 2. The number of likely N-dealkylation sites (N-methyl/N-ethyl adjacent to an activating group) is 1. The van der Waals surface area contributed by atoms with Crippen LogP contribution in [0.4, 0.5) is 0 Å². The van der Waals surface area contributed by atoms with Gasteiger partial charge in [-0.1, -0.05) is 44.2 Å². The van der Waals surface area contributed by atoms with Crippen LogP contribution in [0, 0.1) is 5.92 Å². The Bertz CT molecular complexity index is 1100. The summed E-state index contributed by atoms with van der Waals surface area (Å²) in [6, 6.07) is 7.64. The van der Waals surface area contributed by atoms with E-state index in [1.807, 2.05) is 44.2 Å². The van der Waals surface area contributed by atoms with E-state index in [1.165, 1.54) is 18.6 Å². The van der Waals surface area contributed by atoms with Crippen molar-refractivity contribution in [1.29, 1.82) is 0 Å². The van der Waals surface area contributed by atoms with Gasteiger partial charge in [-0.3, -0.25) is 29.1 Å². The summed E-state index contributed by atoms with van der Waals surface area (Å²) >= 11 is 0. The minimum atomic E-state index is -1.32. The van der Waals surface area contributed by atoms with E-state index in [1.54, 1.807) is 18.9 Å². The maximum Gasteiger partial charge on any atom is 0.622 e. The largest absolute Gasteiger partial charge is 0.622 e. The zero-order chi connectivity index (χ0) is 27.7. The Balaban J connectivity index is 1.85. The summed E-state index contributed by atoms with van der Waals surface area (Å²) in [5, 5.41) is 5.60. The second-order valence-electron chi connectivity index (χ2n) is 9.75. The number of rotatable bonds is 9. The molecule has 0 aliphatic carbocycles. The predicted octanol–water partition coefficient (Wildman–Crippen LogP) is 1.19. The van der Waals surface area contributed by atoms with E-state index in [4.69, 9.17) is 9.31 Å². The van der Waals surface area contributed by atoms with E-state index in [9.17, 15) is 19.2 Å². The topological polar surface area (TPSA) is 140 Å². The molecule has 11 nitrogen and oxygen atoms in total. The Labute approximate surface area is 222 Å². The fraction of sp³-hybridized carbons (Fsp3) is 0.462. The lowest BCUT2D eigenvalue weighted by Gasteiger charge is -2.28. The first-order chi connectivity index (χ1) is 18.1. The Kier molecular flexibility index (Phi) is 10.3. The average Bonchev–Trinajstić information content (AvgIpc) is 2.94. The van der Waals surface area contributed by atoms with Crippen molar-refractivity contribution in [1.82, 2.24) is 25.5 Å². The van der Waals surface area contributed by atoms with Gasteiger partial charge in [0, 0.05) is 25.4 Å². The molecule has 2 N–H and O–H groups in total. The van der Waals surface area contributed by atoms with Crippen LogP contribution < -0.4 is 10.6 Å². The quantitative estimate of drug-likeness (QED) is 0.464. The molecule has 2 heterocycles. The molecule has 0 bridgehead atoms. The zero-order valence-electron chi connectivity index (χ0n) is 22.1. The summed E-state index contributed by atoms with van der Waals surface area (Å²) in [5.74, 6) is -2.96. The number of carbonyl (C=O) groups excluding carboxylic acids is 4. The summed E-state index contributed by atoms with van der Waals surface area (Å²) in [7, 11) is 0.407. The highest BCUT2D eigenvalue weighted by atomic mass is 16.6. The molecule has 3 rings (SSSR count). The van der Waals surface area contributed by atoms with Gasteiger partial charge in [0.1, 0.15) is 17.8 Å². The molecular formula is C26H34BN5O6. The highest BCUT2D eigenvalue weighted by molar-refractivity contribution is 6.51. The third-order valence-corrected chi connectivity index (χ3v) is 6.23. The van der Waals surface area contributed by atoms with Crippen LogP contribution in [0.2, 0.25) is 0 Å². The first kappa shape index (κ1) is 28.8. The standard InChI is InChI=1S/C26H34BN5O6/c1-17(2)14-22(27-37-23(33)10-13-32(4)18(3)26(36)38-27)31-24(34)20(15-19-8-6-5-7-9-19)30-25(35)21-16-28-11-12-29-21/h5-9,11-12,16-18,20,22H,10,13-15H2,1-4H3,(H,30,35)(H,31,34)/t18-,20+,22+/m1/s1. The van der Waals surface area contributed by atoms with Crippen molar-refractivity contribution in [3.8, 4) is 0 Å². The van der Waals surface area contributed by atoms with E-state index in [-0.39, 0.29) is 24.5 Å². The molecule has 38 heavy (non-hydrogen) atoms. The van der Waals surface area contributed by atoms with Crippen molar-refractivity contribution in [2.24, 2.45) is 5.92 Å². The molecule has 3 atom stereocenters. The maximum atomic E-state index is 13.6. The maximum absolute atomic E-state index is 13.6. The molecule has 1 fully saturated rings. The summed E-state index contributed by atoms with van der Waals surface area (Å²) in [4.78, 5) is 61.3. The number of carbonyl (C=O) groups is 4. The van der Waals surface area contributed by atoms with Gasteiger partial charge in [-0.15, -0.1) is 0 Å². The van der Waals surface area contributed by atoms with Crippen molar-refractivity contribution in [3.63, 3.8) is 0 Å². The van der Waals surface area contributed by atoms with E-state index >= 15 is 0 Å². The number of benzene rings is 1. The summed E-state index contributed by atoms with van der Waals surface area (Å²) < 4.78 is 11.1. The summed E-state index contributed by atoms with van der Waals surface area (Å²) in [6.45, 7) is 5.89. The van der Waals surface area contributed by atoms with Crippen molar-refractivity contribution >= 4 is 30.9 Å². The molecule has 202 valence electrons. The van der Waals surface area contributed by atoms with Crippen LogP contribution in [0.1, 0.15) is 49.7 Å². The smallest absolute Gasteiger partial charge is 0.498 e. The van der Waals surface area contributed by atoms with Crippen molar-refractivity contribution in [3.05, 3.63) is 60.2 Å². The Morgan fingerprint density at radius 2 is 1.87 bits per heavy atom. The Hall–Kier alpha value is -3.80. The van der Waals surface area contributed by atoms with Gasteiger partial charge in [-0.2, -0.15) is 0 Å². The Morgan fingerprint density at radius 3 is 2.53 bits per heavy atom. The Morgan fingerprint density at radius 1 is 1.13 bits per heavy atom. The molecule has 2 aromatic rings. The minimum Gasteiger partial charge on any atom is -0.498 e. The lowest BCUT2D eigenvalue weighted by molar-refractivity contribution is -0.142. The van der Waals surface area contributed by atoms with Gasteiger partial charge in [0.05, 0.1) is 18.6 Å². The third-order valence-electron chi connectivity index (χ3n) is 6.23. The number of aromatic nitrogens is 2. The fourth-order valence-corrected chi connectivity index (χ4v) is 3.97. The average molecular weight is 523 g/mol. The van der Waals surface area contributed by atoms with Gasteiger partial charge in [0.25, 0.3) is 11.9 Å². The second-order valence-corrected chi connectivity index (χ2v) is 9.75. The second kappa shape index (κ2) is 13.7. The van der Waals surface area contributed by atoms with Crippen LogP contribution in [-0.4, -0.2) is 77.4 Å². The molecular weight excluding hydrogens is 489 g/mol. The molecule has 2 amide bonds. The van der Waals surface area contributed by atoms with Gasteiger partial charge in [0.2, 0.25) is 5.91 Å². The van der Waals surface area contributed by atoms with Crippen LogP contribution in [-0.2, 0) is 30.1 Å². The number of amides is 2. The fourth-order valence-electron chi connectivity index (χ4n) is 3.97. The third kappa shape index (κ3) is 8.37. The van der Waals surface area contributed by atoms with E-state index in [0.717, 1.165) is 5.56 Å². The van der Waals surface area contributed by atoms with E-state index < -0.39 is 48.9 Å². The van der Waals surface area contributed by atoms with Gasteiger partial charge in [-0.05, 0) is 31.9 Å². The molecule has 12 heteroatoms. The van der Waals surface area contributed by atoms with Crippen molar-refractivity contribution in [2.75, 3.05) is 13.6 Å². The molecule has 1 aromatic carbocycles. The molecule has 0 radical (unpaired) electrons. The van der Waals surface area contributed by atoms with Crippen LogP contribution in [0.25, 0.3) is 0 Å². The van der Waals surface area contributed by atoms with E-state index in [2.05, 4.69) is 20.6 Å². The predicted molar refractivity (Wildman–Crippen MR) is 139 cm³/mol. The van der Waals surface area contributed by atoms with Gasteiger partial charge in [-0.25, -0.2) is 4.98 Å². The summed E-state index contributed by atoms with van der Waals surface area (Å²) in [6.07, 6.45) is 4.76. The molecule has 1 aliphatic heterocycles. The van der Waals surface area contributed by atoms with Crippen molar-refractivity contribution < 1.29 is 28.5 Å². The van der Waals surface area contributed by atoms with Crippen LogP contribution in [0.3, 0.4) is 0 Å². The monoisotopic (exact) mass is 523 g/mol. The first-order valence-electron chi connectivity index (χ1n) is 12.7. The lowest BCUT2D eigenvalue weighted by Crippen LogP contribution is -2.57.